The number of ether oxygens (including phenoxy) is 5. The van der Waals surface area contributed by atoms with Crippen molar-refractivity contribution in [3.05, 3.63) is 0 Å². The molecule has 2 heterocycles. The highest BCUT2D eigenvalue weighted by molar-refractivity contribution is 5.72. The lowest BCUT2D eigenvalue weighted by atomic mass is 9.89. The van der Waals surface area contributed by atoms with E-state index in [0.29, 0.717) is 0 Å². The van der Waals surface area contributed by atoms with E-state index >= 15 is 0 Å². The Morgan fingerprint density at radius 2 is 1.91 bits per heavy atom. The fraction of sp³-hybridized carbons (Fsp3) is 0.938. The summed E-state index contributed by atoms with van der Waals surface area (Å²) in [6, 6.07) is 0. The molecule has 3 fully saturated rings. The minimum atomic E-state index is -0.671. The Labute approximate surface area is 131 Å². The summed E-state index contributed by atoms with van der Waals surface area (Å²) in [5, 5.41) is 0. The summed E-state index contributed by atoms with van der Waals surface area (Å²) in [5.74, 6) is -0.741. The molecular formula is C16H26O6. The first-order valence-corrected chi connectivity index (χ1v) is 8.21. The van der Waals surface area contributed by atoms with Gasteiger partial charge in [0.05, 0.1) is 5.92 Å². The van der Waals surface area contributed by atoms with Gasteiger partial charge < -0.3 is 23.7 Å². The molecule has 0 bridgehead atoms. The molecule has 4 atom stereocenters. The molecule has 3 aliphatic rings. The van der Waals surface area contributed by atoms with E-state index in [1.165, 1.54) is 6.42 Å². The molecule has 6 nitrogen and oxygen atoms in total. The standard InChI is InChI=1S/C16H26O6/c1-16(2)21-13-12(18-3)11(20-15(13)22-16)9-19-14(17)10-7-5-4-6-8-10/h10-13,15H,4-9H2,1-3H3/t11-,12-,13+,15+/m0/s1. The molecule has 0 aromatic carbocycles. The molecule has 0 aromatic rings. The lowest BCUT2D eigenvalue weighted by Crippen LogP contribution is -2.39. The third kappa shape index (κ3) is 3.30. The van der Waals surface area contributed by atoms with E-state index < -0.39 is 12.1 Å². The van der Waals surface area contributed by atoms with Crippen LogP contribution in [0.3, 0.4) is 0 Å². The summed E-state index contributed by atoms with van der Waals surface area (Å²) in [6.07, 6.45) is 3.94. The van der Waals surface area contributed by atoms with Gasteiger partial charge in [0.2, 0.25) is 0 Å². The summed E-state index contributed by atoms with van der Waals surface area (Å²) in [5.41, 5.74) is 0. The van der Waals surface area contributed by atoms with E-state index in [-0.39, 0.29) is 36.8 Å². The van der Waals surface area contributed by atoms with E-state index in [0.717, 1.165) is 25.7 Å². The number of methoxy groups -OCH3 is 1. The van der Waals surface area contributed by atoms with E-state index in [9.17, 15) is 4.79 Å². The SMILES string of the molecule is CO[C@@H]1[C@H]2OC(C)(C)O[C@H]2O[C@H]1COC(=O)C1CCCCC1. The van der Waals surface area contributed by atoms with Crippen LogP contribution in [-0.2, 0) is 28.5 Å². The smallest absolute Gasteiger partial charge is 0.309 e. The summed E-state index contributed by atoms with van der Waals surface area (Å²) >= 11 is 0. The first kappa shape index (κ1) is 16.2. The molecule has 1 aliphatic carbocycles. The second-order valence-electron chi connectivity index (χ2n) is 6.81. The molecule has 0 amide bonds. The maximum Gasteiger partial charge on any atom is 0.309 e. The van der Waals surface area contributed by atoms with Gasteiger partial charge in [-0.05, 0) is 26.7 Å². The fourth-order valence-corrected chi connectivity index (χ4v) is 3.59. The highest BCUT2D eigenvalue weighted by Gasteiger charge is 2.55. The molecule has 0 spiro atoms. The molecule has 0 aromatic heterocycles. The molecule has 2 aliphatic heterocycles. The van der Waals surface area contributed by atoms with Gasteiger partial charge in [0, 0.05) is 7.11 Å². The number of hydrogen-bond donors (Lipinski definition) is 0. The zero-order valence-electron chi connectivity index (χ0n) is 13.6. The monoisotopic (exact) mass is 314 g/mol. The second kappa shape index (κ2) is 6.43. The normalized spacial score (nSPS) is 38.0. The van der Waals surface area contributed by atoms with Crippen LogP contribution < -0.4 is 0 Å². The number of fused-ring (bicyclic) bond motifs is 1. The maximum atomic E-state index is 12.1. The third-order valence-corrected chi connectivity index (χ3v) is 4.69. The first-order chi connectivity index (χ1) is 10.5. The molecule has 126 valence electrons. The molecule has 6 heteroatoms. The average molecular weight is 314 g/mol. The molecule has 3 rings (SSSR count). The van der Waals surface area contributed by atoms with Crippen LogP contribution in [0, 0.1) is 5.92 Å². The van der Waals surface area contributed by atoms with Crippen molar-refractivity contribution in [3.63, 3.8) is 0 Å². The van der Waals surface area contributed by atoms with Crippen LogP contribution in [0.25, 0.3) is 0 Å². The Kier molecular flexibility index (Phi) is 4.73. The molecule has 0 N–H and O–H groups in total. The van der Waals surface area contributed by atoms with E-state index in [2.05, 4.69) is 0 Å². The summed E-state index contributed by atoms with van der Waals surface area (Å²) < 4.78 is 28.3. The molecule has 2 saturated heterocycles. The van der Waals surface area contributed by atoms with Gasteiger partial charge in [-0.25, -0.2) is 0 Å². The lowest BCUT2D eigenvalue weighted by molar-refractivity contribution is -0.222. The van der Waals surface area contributed by atoms with Crippen LogP contribution in [0.15, 0.2) is 0 Å². The van der Waals surface area contributed by atoms with Crippen molar-refractivity contribution in [2.24, 2.45) is 5.92 Å². The van der Waals surface area contributed by atoms with Gasteiger partial charge in [-0.1, -0.05) is 19.3 Å². The van der Waals surface area contributed by atoms with Crippen molar-refractivity contribution in [1.29, 1.82) is 0 Å². The van der Waals surface area contributed by atoms with E-state index in [1.54, 1.807) is 7.11 Å². The first-order valence-electron chi connectivity index (χ1n) is 8.21. The van der Waals surface area contributed by atoms with Crippen molar-refractivity contribution in [3.8, 4) is 0 Å². The van der Waals surface area contributed by atoms with E-state index in [4.69, 9.17) is 23.7 Å². The van der Waals surface area contributed by atoms with Crippen LogP contribution in [0.4, 0.5) is 0 Å². The third-order valence-electron chi connectivity index (χ3n) is 4.69. The summed E-state index contributed by atoms with van der Waals surface area (Å²) in [4.78, 5) is 12.1. The number of esters is 1. The molecular weight excluding hydrogens is 288 g/mol. The van der Waals surface area contributed by atoms with Gasteiger partial charge in [0.25, 0.3) is 0 Å². The lowest BCUT2D eigenvalue weighted by Gasteiger charge is -2.25. The van der Waals surface area contributed by atoms with Gasteiger partial charge in [0.1, 0.15) is 24.9 Å². The Bertz CT molecular complexity index is 403. The average Bonchev–Trinajstić information content (AvgIpc) is 2.96. The van der Waals surface area contributed by atoms with Gasteiger partial charge >= 0.3 is 5.97 Å². The van der Waals surface area contributed by atoms with Crippen LogP contribution in [0.1, 0.15) is 46.0 Å². The number of carbonyl (C=O) groups is 1. The van der Waals surface area contributed by atoms with Crippen molar-refractivity contribution in [2.45, 2.75) is 76.3 Å². The second-order valence-corrected chi connectivity index (χ2v) is 6.81. The molecule has 22 heavy (non-hydrogen) atoms. The highest BCUT2D eigenvalue weighted by atomic mass is 16.8. The predicted molar refractivity (Wildman–Crippen MR) is 77.0 cm³/mol. The quantitative estimate of drug-likeness (QED) is 0.740. The Balaban J connectivity index is 1.52. The minimum Gasteiger partial charge on any atom is -0.463 e. The molecule has 1 saturated carbocycles. The fourth-order valence-electron chi connectivity index (χ4n) is 3.59. The van der Waals surface area contributed by atoms with Gasteiger partial charge in [0.15, 0.2) is 12.1 Å². The van der Waals surface area contributed by atoms with Crippen LogP contribution in [-0.4, -0.2) is 50.1 Å². The predicted octanol–water partition coefficient (Wildman–Crippen LogP) is 2.00. The Morgan fingerprint density at radius 1 is 1.18 bits per heavy atom. The number of hydrogen-bond acceptors (Lipinski definition) is 6. The van der Waals surface area contributed by atoms with Crippen molar-refractivity contribution >= 4 is 5.97 Å². The maximum absolute atomic E-state index is 12.1. The number of rotatable bonds is 4. The van der Waals surface area contributed by atoms with Crippen molar-refractivity contribution in [1.82, 2.24) is 0 Å². The Morgan fingerprint density at radius 3 is 2.59 bits per heavy atom. The van der Waals surface area contributed by atoms with Crippen LogP contribution in [0.5, 0.6) is 0 Å². The summed E-state index contributed by atoms with van der Waals surface area (Å²) in [6.45, 7) is 3.88. The van der Waals surface area contributed by atoms with Crippen molar-refractivity contribution < 1.29 is 28.5 Å². The van der Waals surface area contributed by atoms with Crippen LogP contribution in [0.2, 0.25) is 0 Å². The zero-order valence-corrected chi connectivity index (χ0v) is 13.6. The van der Waals surface area contributed by atoms with Gasteiger partial charge in [-0.15, -0.1) is 0 Å². The van der Waals surface area contributed by atoms with Gasteiger partial charge in [-0.3, -0.25) is 4.79 Å². The van der Waals surface area contributed by atoms with Crippen molar-refractivity contribution in [2.75, 3.05) is 13.7 Å². The highest BCUT2D eigenvalue weighted by Crippen LogP contribution is 2.38. The molecule has 0 radical (unpaired) electrons. The van der Waals surface area contributed by atoms with Crippen LogP contribution >= 0.6 is 0 Å². The number of carbonyl (C=O) groups excluding carboxylic acids is 1. The van der Waals surface area contributed by atoms with Gasteiger partial charge in [-0.2, -0.15) is 0 Å². The molecule has 0 unspecified atom stereocenters. The Hall–Kier alpha value is -0.690. The largest absolute Gasteiger partial charge is 0.463 e. The zero-order chi connectivity index (χ0) is 15.7. The topological polar surface area (TPSA) is 63.2 Å². The van der Waals surface area contributed by atoms with E-state index in [1.807, 2.05) is 13.8 Å². The summed E-state index contributed by atoms with van der Waals surface area (Å²) in [7, 11) is 1.61. The minimum absolute atomic E-state index is 0.0436.